The fourth-order valence-electron chi connectivity index (χ4n) is 5.10. The first-order valence-corrected chi connectivity index (χ1v) is 12.6. The highest BCUT2D eigenvalue weighted by molar-refractivity contribution is 5.90. The molecule has 0 atom stereocenters. The number of fused-ring (bicyclic) bond motifs is 1. The molecule has 6 rings (SSSR count). The van der Waals surface area contributed by atoms with E-state index in [-0.39, 0.29) is 5.75 Å². The molecule has 1 N–H and O–H groups in total. The quantitative estimate of drug-likeness (QED) is 0.349. The molecule has 0 saturated carbocycles. The molecule has 0 amide bonds. The monoisotopic (exact) mass is 494 g/mol. The molecule has 1 fully saturated rings. The van der Waals surface area contributed by atoms with Gasteiger partial charge in [-0.1, -0.05) is 6.07 Å². The van der Waals surface area contributed by atoms with Crippen molar-refractivity contribution in [2.75, 3.05) is 20.2 Å². The van der Waals surface area contributed by atoms with Crippen molar-refractivity contribution in [3.8, 4) is 33.9 Å². The number of ether oxygens (including phenoxy) is 1. The zero-order valence-electron chi connectivity index (χ0n) is 21.3. The minimum atomic E-state index is 0.165. The Morgan fingerprint density at radius 1 is 1.00 bits per heavy atom. The van der Waals surface area contributed by atoms with Gasteiger partial charge in [-0.15, -0.1) is 0 Å². The maximum atomic E-state index is 10.9. The fourth-order valence-corrected chi connectivity index (χ4v) is 5.10. The van der Waals surface area contributed by atoms with Crippen LogP contribution in [0.15, 0.2) is 67.1 Å². The van der Waals surface area contributed by atoms with E-state index in [4.69, 9.17) is 4.74 Å². The topological polar surface area (TPSA) is 81.2 Å². The Morgan fingerprint density at radius 3 is 2.57 bits per heavy atom. The maximum absolute atomic E-state index is 10.9. The van der Waals surface area contributed by atoms with Gasteiger partial charge < -0.3 is 14.4 Å². The maximum Gasteiger partial charge on any atom is 0.147 e. The van der Waals surface area contributed by atoms with E-state index in [1.165, 1.54) is 5.56 Å². The van der Waals surface area contributed by atoms with Gasteiger partial charge in [-0.3, -0.25) is 9.58 Å². The number of likely N-dealkylation sites (tertiary alicyclic amines) is 1. The molecule has 188 valence electrons. The molecule has 0 aliphatic carbocycles. The van der Waals surface area contributed by atoms with Crippen molar-refractivity contribution in [1.29, 1.82) is 0 Å². The van der Waals surface area contributed by atoms with Crippen molar-refractivity contribution >= 4 is 10.9 Å². The van der Waals surface area contributed by atoms with E-state index in [9.17, 15) is 5.11 Å². The van der Waals surface area contributed by atoms with Gasteiger partial charge in [-0.2, -0.15) is 15.3 Å². The van der Waals surface area contributed by atoms with Crippen LogP contribution in [0.2, 0.25) is 0 Å². The third-order valence-electron chi connectivity index (χ3n) is 7.16. The Morgan fingerprint density at radius 2 is 1.86 bits per heavy atom. The smallest absolute Gasteiger partial charge is 0.147 e. The van der Waals surface area contributed by atoms with Gasteiger partial charge in [0, 0.05) is 68.7 Å². The normalized spacial score (nSPS) is 14.2. The Kier molecular flexibility index (Phi) is 5.88. The fraction of sp³-hybridized carbons (Fsp3) is 0.276. The van der Waals surface area contributed by atoms with Gasteiger partial charge in [0.2, 0.25) is 0 Å². The molecule has 1 aliphatic rings. The van der Waals surface area contributed by atoms with Crippen LogP contribution < -0.4 is 4.74 Å². The summed E-state index contributed by atoms with van der Waals surface area (Å²) in [5.74, 6) is 1.26. The van der Waals surface area contributed by atoms with Crippen molar-refractivity contribution < 1.29 is 9.84 Å². The number of methoxy groups -OCH3 is 1. The van der Waals surface area contributed by atoms with Crippen molar-refractivity contribution in [2.45, 2.75) is 25.9 Å². The second kappa shape index (κ2) is 9.37. The number of nitrogens with zero attached hydrogens (tertiary/aromatic N) is 6. The largest absolute Gasteiger partial charge is 0.507 e. The molecular weight excluding hydrogens is 464 g/mol. The number of phenolic OH excluding ortho intramolecular Hbond substituents is 1. The minimum Gasteiger partial charge on any atom is -0.507 e. The second-order valence-electron chi connectivity index (χ2n) is 9.74. The van der Waals surface area contributed by atoms with Crippen LogP contribution in [0.5, 0.6) is 11.5 Å². The Hall–Kier alpha value is -4.17. The molecule has 1 saturated heterocycles. The lowest BCUT2D eigenvalue weighted by atomic mass is 9.95. The van der Waals surface area contributed by atoms with Crippen molar-refractivity contribution in [3.63, 3.8) is 0 Å². The molecule has 37 heavy (non-hydrogen) atoms. The van der Waals surface area contributed by atoms with Crippen LogP contribution in [0.1, 0.15) is 24.1 Å². The van der Waals surface area contributed by atoms with Gasteiger partial charge in [0.25, 0.3) is 0 Å². The molecule has 5 aromatic rings. The first-order valence-electron chi connectivity index (χ1n) is 12.6. The Labute approximate surface area is 215 Å². The Balaban J connectivity index is 1.16. The highest BCUT2D eigenvalue weighted by Crippen LogP contribution is 2.36. The highest BCUT2D eigenvalue weighted by atomic mass is 16.5. The van der Waals surface area contributed by atoms with Gasteiger partial charge in [0.15, 0.2) is 0 Å². The van der Waals surface area contributed by atoms with Gasteiger partial charge in [-0.05, 0) is 66.1 Å². The third kappa shape index (κ3) is 4.44. The molecule has 8 nitrogen and oxygen atoms in total. The van der Waals surface area contributed by atoms with Crippen LogP contribution in [-0.4, -0.2) is 54.8 Å². The molecule has 8 heteroatoms. The lowest BCUT2D eigenvalue weighted by Gasteiger charge is -2.38. The molecule has 0 bridgehead atoms. The average Bonchev–Trinajstić information content (AvgIpc) is 3.50. The number of benzene rings is 2. The molecule has 4 heterocycles. The predicted molar refractivity (Wildman–Crippen MR) is 144 cm³/mol. The van der Waals surface area contributed by atoms with E-state index < -0.39 is 0 Å². The summed E-state index contributed by atoms with van der Waals surface area (Å²) in [6.45, 7) is 6.08. The summed E-state index contributed by atoms with van der Waals surface area (Å²) < 4.78 is 9.52. The average molecular weight is 495 g/mol. The summed E-state index contributed by atoms with van der Waals surface area (Å²) in [5, 5.41) is 25.3. The lowest BCUT2D eigenvalue weighted by molar-refractivity contribution is 0.137. The van der Waals surface area contributed by atoms with Crippen LogP contribution in [-0.2, 0) is 20.1 Å². The van der Waals surface area contributed by atoms with E-state index in [2.05, 4.69) is 56.2 Å². The van der Waals surface area contributed by atoms with E-state index >= 15 is 0 Å². The molecule has 0 unspecified atom stereocenters. The van der Waals surface area contributed by atoms with Gasteiger partial charge in [-0.25, -0.2) is 0 Å². The number of aromatic hydroxyl groups is 1. The standard InChI is InChI=1S/C29H30N6O2/c1-4-34-10-9-19(14-34)15-35-17-23(18-35)25-7-8-26(31-30-25)24-6-5-20(12-27(24)36)21-11-22-16-33(2)32-29(22)28(13-21)37-3/h5-14,16,23,36H,4,15,17-18H2,1-3H3. The summed E-state index contributed by atoms with van der Waals surface area (Å²) >= 11 is 0. The third-order valence-corrected chi connectivity index (χ3v) is 7.16. The van der Waals surface area contributed by atoms with E-state index in [0.29, 0.717) is 22.9 Å². The van der Waals surface area contributed by atoms with Crippen molar-refractivity contribution in [1.82, 2.24) is 29.4 Å². The van der Waals surface area contributed by atoms with E-state index in [0.717, 1.165) is 53.9 Å². The summed E-state index contributed by atoms with van der Waals surface area (Å²) in [5.41, 5.74) is 6.31. The molecule has 0 radical (unpaired) electrons. The van der Waals surface area contributed by atoms with Gasteiger partial charge in [0.1, 0.15) is 17.0 Å². The van der Waals surface area contributed by atoms with Gasteiger partial charge >= 0.3 is 0 Å². The summed E-state index contributed by atoms with van der Waals surface area (Å²) in [7, 11) is 3.53. The van der Waals surface area contributed by atoms with E-state index in [1.807, 2.05) is 43.6 Å². The summed E-state index contributed by atoms with van der Waals surface area (Å²) in [4.78, 5) is 2.43. The van der Waals surface area contributed by atoms with Crippen LogP contribution >= 0.6 is 0 Å². The zero-order valence-corrected chi connectivity index (χ0v) is 21.3. The number of phenols is 1. The van der Waals surface area contributed by atoms with Crippen LogP contribution in [0, 0.1) is 0 Å². The van der Waals surface area contributed by atoms with Crippen molar-refractivity contribution in [3.05, 3.63) is 78.4 Å². The molecular formula is C29H30N6O2. The van der Waals surface area contributed by atoms with Crippen LogP contribution in [0.25, 0.3) is 33.3 Å². The summed E-state index contributed by atoms with van der Waals surface area (Å²) in [6, 6.07) is 15.8. The number of hydrogen-bond acceptors (Lipinski definition) is 6. The highest BCUT2D eigenvalue weighted by Gasteiger charge is 2.29. The Bertz CT molecular complexity index is 1560. The lowest BCUT2D eigenvalue weighted by Crippen LogP contribution is -2.44. The first kappa shape index (κ1) is 23.2. The van der Waals surface area contributed by atoms with Gasteiger partial charge in [0.05, 0.1) is 18.5 Å². The first-order chi connectivity index (χ1) is 18.0. The number of rotatable bonds is 7. The summed E-state index contributed by atoms with van der Waals surface area (Å²) in [6.07, 6.45) is 6.30. The molecule has 3 aromatic heterocycles. The second-order valence-corrected chi connectivity index (χ2v) is 9.74. The SMILES string of the molecule is CCn1ccc(CN2CC(c3ccc(-c4ccc(-c5cc(OC)c6nn(C)cc6c5)cc4O)nn3)C2)c1. The number of aryl methyl sites for hydroxylation is 2. The predicted octanol–water partition coefficient (Wildman–Crippen LogP) is 4.83. The van der Waals surface area contributed by atoms with E-state index in [1.54, 1.807) is 17.9 Å². The van der Waals surface area contributed by atoms with Crippen LogP contribution in [0.4, 0.5) is 0 Å². The minimum absolute atomic E-state index is 0.165. The molecule has 0 spiro atoms. The van der Waals surface area contributed by atoms with Crippen molar-refractivity contribution in [2.24, 2.45) is 7.05 Å². The zero-order chi connectivity index (χ0) is 25.5. The molecule has 1 aliphatic heterocycles. The van der Waals surface area contributed by atoms with Crippen LogP contribution in [0.3, 0.4) is 0 Å². The number of aromatic nitrogens is 5. The molecule has 2 aromatic carbocycles. The number of hydrogen-bond donors (Lipinski definition) is 1.